The minimum Gasteiger partial charge on any atom is -1.00 e. The van der Waals surface area contributed by atoms with Gasteiger partial charge in [0.15, 0.2) is 0 Å². The molecule has 4 aromatic carbocycles. The number of aliphatic hydroxyl groups excluding tert-OH is 4. The van der Waals surface area contributed by atoms with Gasteiger partial charge >= 0.3 is 59.1 Å². The van der Waals surface area contributed by atoms with Crippen LogP contribution in [0.3, 0.4) is 0 Å². The number of hydrogen-bond acceptors (Lipinski definition) is 24. The molecule has 6 aromatic rings. The van der Waals surface area contributed by atoms with E-state index in [1.807, 2.05) is 0 Å². The Hall–Kier alpha value is -5.08. The fourth-order valence-corrected chi connectivity index (χ4v) is 8.93. The van der Waals surface area contributed by atoms with E-state index in [2.05, 4.69) is 51.2 Å². The standard InChI is InChI=1S/C40H44N12O16S4.2Na.2H/c53-17-13-51(14-18-54)39-47-35(41-27-3-1-5-31(21-27)69(57,58)59)45-37(49-39)43-29-11-9-25(33(23-29)71(63,64)65)7-8-26-10-12-30(24-34(26)72(66,67)68)44-38-46-36(48-40(50-38)52(15-19-55)16-20-56)42-28-4-2-6-32(22-28)70(60,61)62;;;;/h1-12,21-24,53-56H,13-20H2,(H,57,58,59)(H,60,61,62)(H,63,64,65)(H,66,67,68)(H2,41,43,45,47,49)(H2,42,44,46,48,50);;;;/q;2*+1;2*-1/b8-7+;;;;. The number of hydrogen-bond donors (Lipinski definition) is 12. The van der Waals surface area contributed by atoms with Crippen LogP contribution in [-0.2, 0) is 40.5 Å². The van der Waals surface area contributed by atoms with E-state index >= 15 is 0 Å². The molecule has 0 unspecified atom stereocenters. The van der Waals surface area contributed by atoms with Gasteiger partial charge in [-0.2, -0.15) is 63.6 Å². The van der Waals surface area contributed by atoms with Gasteiger partial charge in [0, 0.05) is 48.9 Å². The van der Waals surface area contributed by atoms with Crippen molar-refractivity contribution in [1.29, 1.82) is 0 Å². The molecule has 0 atom stereocenters. The Bertz CT molecular complexity index is 3220. The van der Waals surface area contributed by atoms with Crippen molar-refractivity contribution < 1.29 is 134 Å². The zero-order valence-corrected chi connectivity index (χ0v) is 46.2. The molecule has 6 rings (SSSR count). The normalized spacial score (nSPS) is 11.8. The van der Waals surface area contributed by atoms with Crippen LogP contribution < -0.4 is 90.2 Å². The van der Waals surface area contributed by atoms with Crippen molar-refractivity contribution in [3.63, 3.8) is 0 Å². The van der Waals surface area contributed by atoms with Crippen LogP contribution in [0.25, 0.3) is 12.2 Å². The number of nitrogens with zero attached hydrogens (tertiary/aromatic N) is 8. The molecule has 2 heterocycles. The molecule has 2 aromatic heterocycles. The van der Waals surface area contributed by atoms with E-state index in [0.29, 0.717) is 0 Å². The number of aliphatic hydroxyl groups is 4. The maximum absolute atomic E-state index is 12.8. The van der Waals surface area contributed by atoms with E-state index in [9.17, 15) is 72.3 Å². The van der Waals surface area contributed by atoms with Gasteiger partial charge in [-0.15, -0.1) is 0 Å². The molecule has 0 aliphatic heterocycles. The second-order valence-electron chi connectivity index (χ2n) is 14.7. The van der Waals surface area contributed by atoms with Gasteiger partial charge in [0.05, 0.1) is 36.2 Å². The van der Waals surface area contributed by atoms with Crippen molar-refractivity contribution in [2.45, 2.75) is 19.6 Å². The summed E-state index contributed by atoms with van der Waals surface area (Å²) in [5, 5.41) is 49.7. The van der Waals surface area contributed by atoms with Gasteiger partial charge in [-0.1, -0.05) is 36.4 Å². The molecular weight excluding hydrogens is 1080 g/mol. The van der Waals surface area contributed by atoms with E-state index in [1.54, 1.807) is 0 Å². The van der Waals surface area contributed by atoms with Gasteiger partial charge in [0.2, 0.25) is 35.7 Å². The van der Waals surface area contributed by atoms with Crippen molar-refractivity contribution in [2.24, 2.45) is 0 Å². The van der Waals surface area contributed by atoms with Crippen molar-refractivity contribution in [2.75, 3.05) is 83.7 Å². The first-order chi connectivity index (χ1) is 34.0. The third-order valence-corrected chi connectivity index (χ3v) is 13.1. The van der Waals surface area contributed by atoms with Crippen LogP contribution in [0, 0.1) is 0 Å². The van der Waals surface area contributed by atoms with Crippen molar-refractivity contribution in [3.05, 3.63) is 96.1 Å². The summed E-state index contributed by atoms with van der Waals surface area (Å²) < 4.78 is 138. The van der Waals surface area contributed by atoms with E-state index in [4.69, 9.17) is 0 Å². The molecule has 0 fully saturated rings. The maximum atomic E-state index is 12.8. The largest absolute Gasteiger partial charge is 1.00 e. The molecule has 0 spiro atoms. The van der Waals surface area contributed by atoms with Crippen LogP contribution in [-0.4, -0.2) is 155 Å². The Labute approximate surface area is 470 Å². The van der Waals surface area contributed by atoms with Crippen LogP contribution in [0.1, 0.15) is 14.0 Å². The summed E-state index contributed by atoms with van der Waals surface area (Å²) in [6.07, 6.45) is 2.25. The summed E-state index contributed by atoms with van der Waals surface area (Å²) in [7, 11) is -19.3. The van der Waals surface area contributed by atoms with Gasteiger partial charge in [0.25, 0.3) is 40.5 Å². The Morgan fingerprint density at radius 1 is 0.419 bits per heavy atom. The Morgan fingerprint density at radius 2 is 0.716 bits per heavy atom. The molecule has 0 saturated carbocycles. The molecule has 0 amide bonds. The topological polar surface area (TPSA) is 430 Å². The minimum absolute atomic E-state index is 0. The molecule has 0 saturated heterocycles. The van der Waals surface area contributed by atoms with Gasteiger partial charge in [-0.3, -0.25) is 18.2 Å². The summed E-state index contributed by atoms with van der Waals surface area (Å²) in [4.78, 5) is 26.1. The van der Waals surface area contributed by atoms with Gasteiger partial charge in [0.1, 0.15) is 9.79 Å². The molecule has 34 heteroatoms. The van der Waals surface area contributed by atoms with Gasteiger partial charge in [-0.25, -0.2) is 0 Å². The molecule has 0 bridgehead atoms. The Morgan fingerprint density at radius 3 is 0.986 bits per heavy atom. The summed E-state index contributed by atoms with van der Waals surface area (Å²) in [6.45, 7) is -1.83. The molecule has 0 aliphatic carbocycles. The summed E-state index contributed by atoms with van der Waals surface area (Å²) >= 11 is 0. The van der Waals surface area contributed by atoms with Crippen LogP contribution in [0.2, 0.25) is 0 Å². The van der Waals surface area contributed by atoms with Crippen LogP contribution >= 0.6 is 0 Å². The second-order valence-corrected chi connectivity index (χ2v) is 20.4. The van der Waals surface area contributed by atoms with Gasteiger partial charge < -0.3 is 54.3 Å². The predicted octanol–water partition coefficient (Wildman–Crippen LogP) is -4.00. The Kier molecular flexibility index (Phi) is 22.1. The number of aromatic nitrogens is 6. The SMILES string of the molecule is O=S(=O)(O)c1cccc(Nc2nc(Nc3ccc(/C=C/c4ccc(Nc5nc(Nc6cccc(S(=O)(=O)O)c6)nc(N(CCO)CCO)n5)cc4S(=O)(=O)O)c(S(=O)(=O)O)c3)nc(N(CCO)CCO)n2)c1.[H-].[H-].[Na+].[Na+]. The van der Waals surface area contributed by atoms with E-state index < -0.39 is 86.5 Å². The monoisotopic (exact) mass is 1120 g/mol. The van der Waals surface area contributed by atoms with Crippen LogP contribution in [0.15, 0.2) is 105 Å². The first-order valence-corrected chi connectivity index (χ1v) is 26.3. The van der Waals surface area contributed by atoms with Crippen molar-refractivity contribution in [1.82, 2.24) is 29.9 Å². The molecule has 0 aliphatic rings. The first kappa shape index (κ1) is 61.5. The van der Waals surface area contributed by atoms with E-state index in [-0.39, 0.29) is 158 Å². The van der Waals surface area contributed by atoms with Crippen LogP contribution in [0.5, 0.6) is 0 Å². The van der Waals surface area contributed by atoms with Crippen molar-refractivity contribution in [3.8, 4) is 0 Å². The first-order valence-electron chi connectivity index (χ1n) is 20.6. The zero-order valence-electron chi connectivity index (χ0n) is 40.9. The van der Waals surface area contributed by atoms with Crippen LogP contribution in [0.4, 0.5) is 58.4 Å². The number of nitrogens with one attached hydrogen (secondary N) is 4. The zero-order chi connectivity index (χ0) is 52.4. The second kappa shape index (κ2) is 26.6. The van der Waals surface area contributed by atoms with Gasteiger partial charge in [-0.05, 0) is 71.8 Å². The fourth-order valence-electron chi connectivity index (χ4n) is 6.45. The quantitative estimate of drug-likeness (QED) is 0.0156. The molecule has 74 heavy (non-hydrogen) atoms. The van der Waals surface area contributed by atoms with Crippen molar-refractivity contribution >= 4 is 111 Å². The molecular formula is C40H46N12Na2O16S4. The molecule has 12 N–H and O–H groups in total. The molecule has 28 nitrogen and oxygen atoms in total. The number of benzene rings is 4. The minimum atomic E-state index is -5.04. The van der Waals surface area contributed by atoms with E-state index in [0.717, 1.165) is 48.6 Å². The third kappa shape index (κ3) is 17.2. The Balaban J connectivity index is 0.00000494. The smallest absolute Gasteiger partial charge is 1.00 e. The summed E-state index contributed by atoms with van der Waals surface area (Å²) in [5.41, 5.74) is -0.244. The number of rotatable bonds is 24. The third-order valence-electron chi connectivity index (χ3n) is 9.61. The average Bonchev–Trinajstić information content (AvgIpc) is 3.30. The molecule has 0 radical (unpaired) electrons. The van der Waals surface area contributed by atoms with E-state index in [1.165, 1.54) is 58.3 Å². The number of anilines is 10. The maximum Gasteiger partial charge on any atom is 1.00 e. The fraction of sp³-hybridized carbons (Fsp3) is 0.200. The molecule has 388 valence electrons. The summed E-state index contributed by atoms with van der Waals surface area (Å²) in [6, 6.07) is 17.0. The summed E-state index contributed by atoms with van der Waals surface area (Å²) in [5.74, 6) is -1.18. The average molecular weight is 1130 g/mol. The predicted molar refractivity (Wildman–Crippen MR) is 262 cm³/mol.